The van der Waals surface area contributed by atoms with Crippen molar-refractivity contribution in [2.75, 3.05) is 0 Å². The molecule has 42 heavy (non-hydrogen) atoms. The van der Waals surface area contributed by atoms with Crippen molar-refractivity contribution in [2.45, 2.75) is 272 Å². The van der Waals surface area contributed by atoms with Crippen molar-refractivity contribution in [3.8, 4) is 0 Å². The van der Waals surface area contributed by atoms with Gasteiger partial charge in [0, 0.05) is 0 Å². The van der Waals surface area contributed by atoms with Crippen molar-refractivity contribution in [3.63, 3.8) is 0 Å². The molecule has 0 saturated heterocycles. The number of unbranched alkanes of at least 4 members (excludes halogenated alkanes) is 36. The normalized spacial score (nSPS) is 11.1. The molecule has 0 rings (SSSR count). The highest BCUT2D eigenvalue weighted by atomic mass is 14.0. The number of hydrogen-bond acceptors (Lipinski definition) is 0. The van der Waals surface area contributed by atoms with E-state index in [1.165, 1.54) is 244 Å². The van der Waals surface area contributed by atoms with Gasteiger partial charge in [0.2, 0.25) is 0 Å². The lowest BCUT2D eigenvalue weighted by atomic mass is 10.0. The second kappa shape index (κ2) is 45.4. The molecule has 0 aromatic rings. The number of hydrogen-bond donors (Lipinski definition) is 0. The molecule has 0 aliphatic rings. The molecular formula is C42H88. The Morgan fingerprint density at radius 3 is 0.262 bits per heavy atom. The van der Waals surface area contributed by atoms with Crippen LogP contribution in [0.2, 0.25) is 0 Å². The molecular weight excluding hydrogens is 504 g/mol. The van der Waals surface area contributed by atoms with Crippen molar-refractivity contribution in [2.24, 2.45) is 0 Å². The molecule has 0 aliphatic heterocycles. The van der Waals surface area contributed by atoms with Gasteiger partial charge in [-0.25, -0.2) is 0 Å². The van der Waals surface area contributed by atoms with Gasteiger partial charge in [-0.1, -0.05) is 272 Å². The van der Waals surface area contributed by atoms with Crippen molar-refractivity contribution in [1.29, 1.82) is 0 Å². The maximum absolute atomic E-state index is 2.30. The minimum absolute atomic E-state index is 1.37. The van der Waals surface area contributed by atoms with Gasteiger partial charge in [-0.15, -0.1) is 0 Å². The molecule has 0 fully saturated rings. The summed E-state index contributed by atoms with van der Waals surface area (Å²) in [5.41, 5.74) is 0. The molecule has 0 bridgehead atoms. The average Bonchev–Trinajstić information content (AvgIpc) is 3.00. The Labute approximate surface area is 271 Å². The molecule has 0 amide bonds. The van der Waals surface area contributed by atoms with Gasteiger partial charge in [-0.05, 0) is 0 Å². The summed E-state index contributed by atoms with van der Waals surface area (Å²) < 4.78 is 0. The van der Waals surface area contributed by atoms with E-state index in [-0.39, 0.29) is 0 Å². The summed E-state index contributed by atoms with van der Waals surface area (Å²) in [5.74, 6) is 0. The molecule has 0 saturated carbocycles. The Kier molecular flexibility index (Phi) is 47.7. The van der Waals surface area contributed by atoms with Crippen molar-refractivity contribution in [3.05, 3.63) is 0 Å². The van der Waals surface area contributed by atoms with Gasteiger partial charge in [-0.2, -0.15) is 0 Å². The van der Waals surface area contributed by atoms with Crippen LogP contribution in [0.1, 0.15) is 272 Å². The third kappa shape index (κ3) is 46.9. The van der Waals surface area contributed by atoms with Gasteiger partial charge in [-0.3, -0.25) is 0 Å². The molecule has 0 unspecified atom stereocenters. The van der Waals surface area contributed by atoms with Gasteiger partial charge in [0.25, 0.3) is 0 Å². The van der Waals surface area contributed by atoms with Crippen LogP contribution < -0.4 is 0 Å². The highest BCUT2D eigenvalue weighted by Crippen LogP contribution is 2.16. The van der Waals surface area contributed by atoms with Crippen molar-refractivity contribution < 1.29 is 0 Å². The van der Waals surface area contributed by atoms with E-state index < -0.39 is 0 Å². The third-order valence-electron chi connectivity index (χ3n) is 9.41. The second-order valence-corrected chi connectivity index (χ2v) is 14.0. The molecule has 0 spiro atoms. The van der Waals surface area contributed by atoms with Crippen LogP contribution in [0.4, 0.5) is 0 Å². The van der Waals surface area contributed by atoms with E-state index in [0.717, 1.165) is 0 Å². The van der Waals surface area contributed by atoms with E-state index in [2.05, 4.69) is 27.7 Å². The van der Waals surface area contributed by atoms with Crippen LogP contribution in [0.5, 0.6) is 0 Å². The summed E-state index contributed by atoms with van der Waals surface area (Å²) in [4.78, 5) is 0. The zero-order valence-corrected chi connectivity index (χ0v) is 30.9. The van der Waals surface area contributed by atoms with Gasteiger partial charge < -0.3 is 0 Å². The standard InChI is InChI=1S/2C21H44/c2*1-3-5-7-9-11-13-15-17-19-21-20-18-16-14-12-10-8-6-4-2/h2*3-21H2,1-2H3. The number of rotatable bonds is 36. The van der Waals surface area contributed by atoms with Crippen molar-refractivity contribution in [1.82, 2.24) is 0 Å². The molecule has 0 aromatic carbocycles. The summed E-state index contributed by atoms with van der Waals surface area (Å²) in [6, 6.07) is 0. The molecule has 256 valence electrons. The molecule has 0 N–H and O–H groups in total. The van der Waals surface area contributed by atoms with Crippen LogP contribution in [0.3, 0.4) is 0 Å². The Balaban J connectivity index is 0. The van der Waals surface area contributed by atoms with E-state index >= 15 is 0 Å². The van der Waals surface area contributed by atoms with Crippen LogP contribution in [-0.2, 0) is 0 Å². The second-order valence-electron chi connectivity index (χ2n) is 14.0. The van der Waals surface area contributed by atoms with Crippen LogP contribution in [0, 0.1) is 0 Å². The lowest BCUT2D eigenvalue weighted by molar-refractivity contribution is 0.524. The maximum atomic E-state index is 2.30. The molecule has 0 nitrogen and oxygen atoms in total. The zero-order valence-electron chi connectivity index (χ0n) is 30.9. The third-order valence-corrected chi connectivity index (χ3v) is 9.41. The van der Waals surface area contributed by atoms with Crippen LogP contribution in [-0.4, -0.2) is 0 Å². The summed E-state index contributed by atoms with van der Waals surface area (Å²) >= 11 is 0. The minimum Gasteiger partial charge on any atom is -0.0654 e. The lowest BCUT2D eigenvalue weighted by Gasteiger charge is -2.03. The predicted molar refractivity (Wildman–Crippen MR) is 198 cm³/mol. The first kappa shape index (κ1) is 44.1. The molecule has 0 aromatic heterocycles. The Morgan fingerprint density at radius 2 is 0.190 bits per heavy atom. The van der Waals surface area contributed by atoms with E-state index in [0.29, 0.717) is 0 Å². The topological polar surface area (TPSA) is 0 Å². The monoisotopic (exact) mass is 593 g/mol. The van der Waals surface area contributed by atoms with Crippen LogP contribution >= 0.6 is 0 Å². The molecule has 0 heteroatoms. The SMILES string of the molecule is CCCCCCCCCCCCCCCCCCCCC.CCCCCCCCCCCCCCCCCCCCC. The average molecular weight is 593 g/mol. The Morgan fingerprint density at radius 1 is 0.119 bits per heavy atom. The quantitative estimate of drug-likeness (QED) is 0.0635. The first-order chi connectivity index (χ1) is 20.8. The lowest BCUT2D eigenvalue weighted by Crippen LogP contribution is -1.83. The Bertz CT molecular complexity index is 325. The smallest absolute Gasteiger partial charge is 0.0533 e. The highest BCUT2D eigenvalue weighted by molar-refractivity contribution is 4.52. The van der Waals surface area contributed by atoms with E-state index in [1.54, 1.807) is 0 Å². The fraction of sp³-hybridized carbons (Fsp3) is 1.00. The fourth-order valence-electron chi connectivity index (χ4n) is 6.30. The maximum Gasteiger partial charge on any atom is -0.0533 e. The Hall–Kier alpha value is 0. The van der Waals surface area contributed by atoms with Gasteiger partial charge in [0.05, 0.1) is 0 Å². The predicted octanol–water partition coefficient (Wildman–Crippen LogP) is 16.9. The largest absolute Gasteiger partial charge is 0.0654 e. The molecule has 0 atom stereocenters. The first-order valence-corrected chi connectivity index (χ1v) is 20.8. The van der Waals surface area contributed by atoms with Gasteiger partial charge in [0.1, 0.15) is 0 Å². The van der Waals surface area contributed by atoms with E-state index in [9.17, 15) is 0 Å². The minimum atomic E-state index is 1.37. The summed E-state index contributed by atoms with van der Waals surface area (Å²) in [6.07, 6.45) is 55.8. The first-order valence-electron chi connectivity index (χ1n) is 20.8. The molecule has 0 heterocycles. The molecule has 0 aliphatic carbocycles. The van der Waals surface area contributed by atoms with Gasteiger partial charge >= 0.3 is 0 Å². The summed E-state index contributed by atoms with van der Waals surface area (Å²) in [5, 5.41) is 0. The summed E-state index contributed by atoms with van der Waals surface area (Å²) in [7, 11) is 0. The van der Waals surface area contributed by atoms with Crippen LogP contribution in [0.15, 0.2) is 0 Å². The van der Waals surface area contributed by atoms with E-state index in [1.807, 2.05) is 0 Å². The fourth-order valence-corrected chi connectivity index (χ4v) is 6.30. The summed E-state index contributed by atoms with van der Waals surface area (Å²) in [6.45, 7) is 9.19. The van der Waals surface area contributed by atoms with Crippen LogP contribution in [0.25, 0.3) is 0 Å². The highest BCUT2D eigenvalue weighted by Gasteiger charge is 1.96. The molecule has 0 radical (unpaired) electrons. The zero-order chi connectivity index (χ0) is 30.9. The van der Waals surface area contributed by atoms with Gasteiger partial charge in [0.15, 0.2) is 0 Å². The van der Waals surface area contributed by atoms with E-state index in [4.69, 9.17) is 0 Å². The van der Waals surface area contributed by atoms with Crippen molar-refractivity contribution >= 4 is 0 Å².